The molecule has 0 bridgehead atoms. The average molecular weight is 409 g/mol. The van der Waals surface area contributed by atoms with Crippen molar-refractivity contribution in [1.29, 1.82) is 0 Å². The van der Waals surface area contributed by atoms with Crippen LogP contribution in [0.3, 0.4) is 0 Å². The number of hydrogen-bond donors (Lipinski definition) is 0. The molecule has 0 saturated carbocycles. The van der Waals surface area contributed by atoms with E-state index in [0.717, 1.165) is 21.4 Å². The van der Waals surface area contributed by atoms with Crippen LogP contribution in [-0.2, 0) is 16.1 Å². The van der Waals surface area contributed by atoms with Gasteiger partial charge in [-0.2, -0.15) is 0 Å². The summed E-state index contributed by atoms with van der Waals surface area (Å²) in [7, 11) is 0. The number of nitrogens with zero attached hydrogens (tertiary/aromatic N) is 2. The van der Waals surface area contributed by atoms with E-state index < -0.39 is 23.8 Å². The Labute approximate surface area is 172 Å². The molecule has 2 heterocycles. The molecule has 6 nitrogen and oxygen atoms in total. The van der Waals surface area contributed by atoms with Crippen LogP contribution < -0.4 is 0 Å². The molecular weight excluding hydrogens is 392 g/mol. The zero-order valence-electron chi connectivity index (χ0n) is 15.8. The van der Waals surface area contributed by atoms with Gasteiger partial charge in [-0.05, 0) is 37.6 Å². The summed E-state index contributed by atoms with van der Waals surface area (Å²) < 4.78 is 5.35. The summed E-state index contributed by atoms with van der Waals surface area (Å²) in [6.45, 7) is 3.18. The van der Waals surface area contributed by atoms with E-state index in [1.165, 1.54) is 6.92 Å². The monoisotopic (exact) mass is 408 g/mol. The number of rotatable bonds is 4. The summed E-state index contributed by atoms with van der Waals surface area (Å²) in [5.74, 6) is -1.72. The first kappa shape index (κ1) is 19.1. The van der Waals surface area contributed by atoms with Gasteiger partial charge < -0.3 is 4.74 Å². The Hall–Kier alpha value is -3.25. The van der Waals surface area contributed by atoms with Crippen LogP contribution in [0.5, 0.6) is 0 Å². The fraction of sp³-hybridized carbons (Fsp3) is 0.182. The van der Waals surface area contributed by atoms with E-state index >= 15 is 0 Å². The maximum Gasteiger partial charge on any atom is 0.329 e. The van der Waals surface area contributed by atoms with Crippen molar-refractivity contribution in [2.75, 3.05) is 0 Å². The van der Waals surface area contributed by atoms with Gasteiger partial charge >= 0.3 is 5.97 Å². The second-order valence-electron chi connectivity index (χ2n) is 6.82. The van der Waals surface area contributed by atoms with E-state index in [4.69, 9.17) is 16.3 Å². The highest BCUT2D eigenvalue weighted by Crippen LogP contribution is 2.28. The molecule has 29 heavy (non-hydrogen) atoms. The summed E-state index contributed by atoms with van der Waals surface area (Å²) in [6.07, 6.45) is 0. The van der Waals surface area contributed by atoms with Crippen molar-refractivity contribution in [1.82, 2.24) is 9.88 Å². The molecule has 0 radical (unpaired) electrons. The molecule has 0 N–H and O–H groups in total. The van der Waals surface area contributed by atoms with E-state index in [-0.39, 0.29) is 17.7 Å². The number of hydrogen-bond acceptors (Lipinski definition) is 5. The number of aromatic nitrogens is 1. The first-order valence-electron chi connectivity index (χ1n) is 9.07. The number of carbonyl (C=O) groups excluding carboxylic acids is 3. The SMILES string of the molecule is Cc1c(Cl)c(COC(=O)C(C)N2C(=O)c3ccccc3C2=O)nc2ccccc12. The lowest BCUT2D eigenvalue weighted by molar-refractivity contribution is -0.149. The van der Waals surface area contributed by atoms with Crippen molar-refractivity contribution in [3.05, 3.63) is 75.9 Å². The quantitative estimate of drug-likeness (QED) is 0.483. The Morgan fingerprint density at radius 2 is 1.66 bits per heavy atom. The van der Waals surface area contributed by atoms with E-state index in [0.29, 0.717) is 10.7 Å². The summed E-state index contributed by atoms with van der Waals surface area (Å²) in [5.41, 5.74) is 2.58. The highest BCUT2D eigenvalue weighted by atomic mass is 35.5. The van der Waals surface area contributed by atoms with Crippen molar-refractivity contribution in [2.45, 2.75) is 26.5 Å². The van der Waals surface area contributed by atoms with E-state index in [9.17, 15) is 14.4 Å². The lowest BCUT2D eigenvalue weighted by atomic mass is 10.1. The molecule has 1 atom stereocenters. The van der Waals surface area contributed by atoms with Crippen molar-refractivity contribution in [3.63, 3.8) is 0 Å². The van der Waals surface area contributed by atoms with Crippen molar-refractivity contribution >= 4 is 40.3 Å². The largest absolute Gasteiger partial charge is 0.458 e. The van der Waals surface area contributed by atoms with Crippen LogP contribution in [0.15, 0.2) is 48.5 Å². The van der Waals surface area contributed by atoms with Crippen molar-refractivity contribution in [2.24, 2.45) is 0 Å². The number of benzene rings is 2. The third-order valence-electron chi connectivity index (χ3n) is 5.05. The van der Waals surface area contributed by atoms with Crippen LogP contribution in [0, 0.1) is 6.92 Å². The molecule has 1 aromatic heterocycles. The van der Waals surface area contributed by atoms with Gasteiger partial charge in [-0.1, -0.05) is 41.9 Å². The fourth-order valence-corrected chi connectivity index (χ4v) is 3.64. The van der Waals surface area contributed by atoms with E-state index in [1.807, 2.05) is 31.2 Å². The minimum atomic E-state index is -1.07. The lowest BCUT2D eigenvalue weighted by Gasteiger charge is -2.21. The average Bonchev–Trinajstić information content (AvgIpc) is 2.99. The molecule has 1 unspecified atom stereocenters. The van der Waals surface area contributed by atoms with Gasteiger partial charge in [0.1, 0.15) is 12.6 Å². The Morgan fingerprint density at radius 3 is 2.31 bits per heavy atom. The number of amides is 2. The van der Waals surface area contributed by atoms with Gasteiger partial charge in [-0.25, -0.2) is 9.78 Å². The van der Waals surface area contributed by atoms with Gasteiger partial charge in [0.2, 0.25) is 0 Å². The molecule has 0 saturated heterocycles. The smallest absolute Gasteiger partial charge is 0.329 e. The summed E-state index contributed by atoms with van der Waals surface area (Å²) in [5, 5.41) is 1.34. The van der Waals surface area contributed by atoms with Gasteiger partial charge in [0.05, 0.1) is 27.4 Å². The normalized spacial score (nSPS) is 14.2. The van der Waals surface area contributed by atoms with Crippen molar-refractivity contribution in [3.8, 4) is 0 Å². The highest BCUT2D eigenvalue weighted by Gasteiger charge is 2.41. The zero-order chi connectivity index (χ0) is 20.7. The van der Waals surface area contributed by atoms with Crippen LogP contribution in [-0.4, -0.2) is 33.7 Å². The number of fused-ring (bicyclic) bond motifs is 2. The highest BCUT2D eigenvalue weighted by molar-refractivity contribution is 6.32. The lowest BCUT2D eigenvalue weighted by Crippen LogP contribution is -2.43. The standard InChI is InChI=1S/C22H17ClN2O4/c1-12-14-7-5-6-10-17(14)24-18(19(12)23)11-29-22(28)13(2)25-20(26)15-8-3-4-9-16(15)21(25)27/h3-10,13H,11H2,1-2H3. The number of esters is 1. The molecule has 1 aliphatic heterocycles. The van der Waals surface area contributed by atoms with Crippen LogP contribution in [0.25, 0.3) is 10.9 Å². The Morgan fingerprint density at radius 1 is 1.07 bits per heavy atom. The number of pyridine rings is 1. The van der Waals surface area contributed by atoms with Crippen LogP contribution >= 0.6 is 11.6 Å². The molecule has 4 rings (SSSR count). The Kier molecular flexibility index (Phi) is 4.80. The Balaban J connectivity index is 1.52. The molecule has 0 spiro atoms. The molecule has 2 amide bonds. The van der Waals surface area contributed by atoms with Crippen LogP contribution in [0.2, 0.25) is 5.02 Å². The maximum atomic E-state index is 12.6. The molecule has 146 valence electrons. The van der Waals surface area contributed by atoms with Gasteiger partial charge in [-0.3, -0.25) is 14.5 Å². The number of aryl methyl sites for hydroxylation is 1. The fourth-order valence-electron chi connectivity index (χ4n) is 3.44. The number of halogens is 1. The topological polar surface area (TPSA) is 76.6 Å². The molecule has 0 aliphatic carbocycles. The number of ether oxygens (including phenoxy) is 1. The van der Waals surface area contributed by atoms with Crippen LogP contribution in [0.1, 0.15) is 38.9 Å². The first-order valence-corrected chi connectivity index (χ1v) is 9.45. The van der Waals surface area contributed by atoms with Gasteiger partial charge in [0, 0.05) is 5.39 Å². The number of carbonyl (C=O) groups is 3. The third-order valence-corrected chi connectivity index (χ3v) is 5.55. The van der Waals surface area contributed by atoms with Gasteiger partial charge in [0.15, 0.2) is 0 Å². The first-order chi connectivity index (χ1) is 13.9. The second-order valence-corrected chi connectivity index (χ2v) is 7.20. The maximum absolute atomic E-state index is 12.6. The van der Waals surface area contributed by atoms with Gasteiger partial charge in [-0.15, -0.1) is 0 Å². The minimum Gasteiger partial charge on any atom is -0.458 e. The second kappa shape index (κ2) is 7.29. The summed E-state index contributed by atoms with van der Waals surface area (Å²) >= 11 is 6.40. The molecular formula is C22H17ClN2O4. The van der Waals surface area contributed by atoms with E-state index in [2.05, 4.69) is 4.98 Å². The summed E-state index contributed by atoms with van der Waals surface area (Å²) in [4.78, 5) is 43.0. The summed E-state index contributed by atoms with van der Waals surface area (Å²) in [6, 6.07) is 12.9. The van der Waals surface area contributed by atoms with Crippen molar-refractivity contribution < 1.29 is 19.1 Å². The third kappa shape index (κ3) is 3.15. The number of para-hydroxylation sites is 1. The molecule has 2 aromatic carbocycles. The molecule has 1 aliphatic rings. The predicted octanol–water partition coefficient (Wildman–Crippen LogP) is 3.92. The molecule has 7 heteroatoms. The molecule has 0 fully saturated rings. The zero-order valence-corrected chi connectivity index (χ0v) is 16.6. The van der Waals surface area contributed by atoms with E-state index in [1.54, 1.807) is 24.3 Å². The number of imide groups is 1. The van der Waals surface area contributed by atoms with Gasteiger partial charge in [0.25, 0.3) is 11.8 Å². The van der Waals surface area contributed by atoms with Crippen LogP contribution in [0.4, 0.5) is 0 Å². The Bertz CT molecular complexity index is 1140. The predicted molar refractivity (Wildman–Crippen MR) is 108 cm³/mol. The minimum absolute atomic E-state index is 0.156. The molecule has 3 aromatic rings.